The Bertz CT molecular complexity index is 5720. The Morgan fingerprint density at radius 3 is 0.915 bits per heavy atom. The third-order valence-electron chi connectivity index (χ3n) is 17.0. The summed E-state index contributed by atoms with van der Waals surface area (Å²) in [6, 6.07) is 85.0. The molecule has 0 fully saturated rings. The molecule has 0 aliphatic heterocycles. The second-order valence-electron chi connectivity index (χ2n) is 21.5. The minimum Gasteiger partial charge on any atom is -0.456 e. The first-order chi connectivity index (χ1) is 40.6. The van der Waals surface area contributed by atoms with E-state index in [1.807, 2.05) is 48.5 Å². The lowest BCUT2D eigenvalue weighted by Gasteiger charge is -2.26. The lowest BCUT2D eigenvalue weighted by Crippen LogP contribution is -2.09. The van der Waals surface area contributed by atoms with Gasteiger partial charge in [0.05, 0.1) is 5.39 Å². The van der Waals surface area contributed by atoms with Gasteiger partial charge in [-0.3, -0.25) is 0 Å². The average molecular weight is 1050 g/mol. The molecule has 0 saturated heterocycles. The Labute approximate surface area is 463 Å². The van der Waals surface area contributed by atoms with Crippen molar-refractivity contribution in [2.24, 2.45) is 0 Å². The molecule has 0 saturated carbocycles. The molecular formula is C74H40N2O6. The minimum atomic E-state index is 0.771. The molecule has 0 aliphatic rings. The lowest BCUT2D eigenvalue weighted by atomic mass is 10.0. The number of rotatable bonds is 6. The van der Waals surface area contributed by atoms with Gasteiger partial charge in [0, 0.05) is 104 Å². The van der Waals surface area contributed by atoms with Crippen molar-refractivity contribution in [1.29, 1.82) is 0 Å². The van der Waals surface area contributed by atoms with Crippen molar-refractivity contribution in [3.8, 4) is 0 Å². The van der Waals surface area contributed by atoms with Gasteiger partial charge >= 0.3 is 0 Å². The van der Waals surface area contributed by atoms with Crippen LogP contribution >= 0.6 is 0 Å². The van der Waals surface area contributed by atoms with E-state index in [2.05, 4.69) is 204 Å². The van der Waals surface area contributed by atoms with Crippen molar-refractivity contribution in [3.05, 3.63) is 243 Å². The Morgan fingerprint density at radius 2 is 0.488 bits per heavy atom. The number of hydrogen-bond acceptors (Lipinski definition) is 8. The summed E-state index contributed by atoms with van der Waals surface area (Å²) in [5.74, 6) is 0. The smallest absolute Gasteiger partial charge is 0.147 e. The number of hydrogen-bond donors (Lipinski definition) is 0. The largest absolute Gasteiger partial charge is 0.456 e. The molecule has 0 bridgehead atoms. The van der Waals surface area contributed by atoms with E-state index >= 15 is 0 Å². The summed E-state index contributed by atoms with van der Waals surface area (Å²) in [4.78, 5) is 4.64. The van der Waals surface area contributed by atoms with Crippen molar-refractivity contribution in [1.82, 2.24) is 0 Å². The van der Waals surface area contributed by atoms with Crippen LogP contribution in [0.5, 0.6) is 0 Å². The molecular weight excluding hydrogens is 1010 g/mol. The number of furan rings is 6. The van der Waals surface area contributed by atoms with Gasteiger partial charge in [0.15, 0.2) is 0 Å². The van der Waals surface area contributed by atoms with E-state index in [4.69, 9.17) is 26.5 Å². The summed E-state index contributed by atoms with van der Waals surface area (Å²) in [6.45, 7) is 0. The highest BCUT2D eigenvalue weighted by molar-refractivity contribution is 6.27. The Hall–Kier alpha value is -11.2. The summed E-state index contributed by atoms with van der Waals surface area (Å²) in [5.41, 5.74) is 16.1. The second-order valence-corrected chi connectivity index (χ2v) is 21.5. The van der Waals surface area contributed by atoms with Gasteiger partial charge < -0.3 is 36.3 Å². The first kappa shape index (κ1) is 43.7. The number of anilines is 6. The van der Waals surface area contributed by atoms with Gasteiger partial charge in [-0.2, -0.15) is 0 Å². The number of para-hydroxylation sites is 4. The molecule has 19 aromatic rings. The van der Waals surface area contributed by atoms with E-state index in [-0.39, 0.29) is 0 Å². The molecule has 0 aliphatic carbocycles. The third kappa shape index (κ3) is 6.20. The summed E-state index contributed by atoms with van der Waals surface area (Å²) in [7, 11) is 0. The summed E-state index contributed by atoms with van der Waals surface area (Å²) in [5, 5.41) is 16.7. The first-order valence-corrected chi connectivity index (χ1v) is 27.5. The second kappa shape index (κ2) is 16.2. The van der Waals surface area contributed by atoms with Crippen LogP contribution in [0, 0.1) is 0 Å². The topological polar surface area (TPSA) is 85.3 Å². The van der Waals surface area contributed by atoms with Gasteiger partial charge in [0.2, 0.25) is 0 Å². The van der Waals surface area contributed by atoms with Crippen LogP contribution in [0.25, 0.3) is 153 Å². The third-order valence-corrected chi connectivity index (χ3v) is 17.0. The quantitative estimate of drug-likeness (QED) is 0.163. The Morgan fingerprint density at radius 1 is 0.183 bits per heavy atom. The van der Waals surface area contributed by atoms with Crippen LogP contribution in [0.1, 0.15) is 0 Å². The first-order valence-electron chi connectivity index (χ1n) is 27.5. The average Bonchev–Trinajstić information content (AvgIpc) is 3.33. The normalized spacial score (nSPS) is 12.4. The van der Waals surface area contributed by atoms with E-state index in [0.717, 1.165) is 187 Å². The molecule has 0 radical (unpaired) electrons. The van der Waals surface area contributed by atoms with Crippen LogP contribution < -0.4 is 9.80 Å². The highest BCUT2D eigenvalue weighted by atomic mass is 16.4. The zero-order chi connectivity index (χ0) is 53.3. The summed E-state index contributed by atoms with van der Waals surface area (Å²) < 4.78 is 39.2. The fourth-order valence-corrected chi connectivity index (χ4v) is 13.2. The van der Waals surface area contributed by atoms with Gasteiger partial charge in [-0.05, 0) is 168 Å². The fraction of sp³-hybridized carbons (Fsp3) is 0. The van der Waals surface area contributed by atoms with E-state index in [9.17, 15) is 0 Å². The molecule has 82 heavy (non-hydrogen) atoms. The predicted octanol–water partition coefficient (Wildman–Crippen LogP) is 22.3. The van der Waals surface area contributed by atoms with Crippen molar-refractivity contribution in [3.63, 3.8) is 0 Å². The van der Waals surface area contributed by atoms with Crippen LogP contribution in [0.15, 0.2) is 269 Å². The summed E-state index contributed by atoms with van der Waals surface area (Å²) >= 11 is 0. The molecule has 0 atom stereocenters. The summed E-state index contributed by atoms with van der Waals surface area (Å²) in [6.07, 6.45) is 0. The van der Waals surface area contributed by atoms with Gasteiger partial charge in [-0.1, -0.05) is 84.9 Å². The predicted molar refractivity (Wildman–Crippen MR) is 334 cm³/mol. The van der Waals surface area contributed by atoms with Crippen molar-refractivity contribution in [2.75, 3.05) is 9.80 Å². The molecule has 0 spiro atoms. The molecule has 0 amide bonds. The number of fused-ring (bicyclic) bond motifs is 23. The van der Waals surface area contributed by atoms with Gasteiger partial charge in [0.1, 0.15) is 67.0 Å². The minimum absolute atomic E-state index is 0.771. The molecule has 19 rings (SSSR count). The van der Waals surface area contributed by atoms with Crippen LogP contribution in [0.4, 0.5) is 34.1 Å². The molecule has 13 aromatic carbocycles. The zero-order valence-corrected chi connectivity index (χ0v) is 43.4. The highest BCUT2D eigenvalue weighted by Gasteiger charge is 2.24. The molecule has 6 heterocycles. The van der Waals surface area contributed by atoms with Crippen molar-refractivity contribution in [2.45, 2.75) is 0 Å². The van der Waals surface area contributed by atoms with Crippen molar-refractivity contribution < 1.29 is 26.5 Å². The molecule has 0 N–H and O–H groups in total. The number of nitrogens with zero attached hydrogens (tertiary/aromatic N) is 2. The maximum absolute atomic E-state index is 7.12. The zero-order valence-electron chi connectivity index (χ0n) is 43.4. The van der Waals surface area contributed by atoms with Crippen molar-refractivity contribution >= 4 is 187 Å². The Balaban J connectivity index is 0.747. The standard InChI is InChI=1S/C74H40N2O6/c1-5-13-62-51(9-1)58-37-45(21-30-66(58)77-62)75(46-22-31-67-59(38-46)52-10-2-6-14-63(52)78-67)43-19-27-49-41(35-43)17-25-55-56-29-34-70-71(74(56)82-72(49)55)57-26-18-42-36-44(20-28-50(42)73(57)81-70)76(47-23-32-68-60(39-47)53-11-3-7-15-64(53)79-68)48-24-33-69-61(40-48)54-12-4-8-16-65(54)80-69/h1-40H. The van der Waals surface area contributed by atoms with E-state index < -0.39 is 0 Å². The molecule has 8 heteroatoms. The van der Waals surface area contributed by atoms with Gasteiger partial charge in [-0.25, -0.2) is 0 Å². The van der Waals surface area contributed by atoms with Crippen LogP contribution in [-0.4, -0.2) is 0 Å². The SMILES string of the molecule is c1ccc2c(c1)oc1ccc(N(c3ccc4c(ccc5c6ccc7oc8c9ccc(N(c%10ccc%11oc%12ccccc%12c%11c%10)c%10ccc%11oc%12ccccc%12c%11c%10)cc9ccc8c7c6oc45)c3)c3ccc4oc5ccccc5c4c3)cc12. The lowest BCUT2D eigenvalue weighted by molar-refractivity contribution is 0.666. The van der Waals surface area contributed by atoms with Gasteiger partial charge in [0.25, 0.3) is 0 Å². The fourth-order valence-electron chi connectivity index (χ4n) is 13.2. The van der Waals surface area contributed by atoms with Crippen LogP contribution in [0.3, 0.4) is 0 Å². The molecule has 6 aromatic heterocycles. The maximum Gasteiger partial charge on any atom is 0.147 e. The molecule has 382 valence electrons. The molecule has 0 unspecified atom stereocenters. The van der Waals surface area contributed by atoms with E-state index in [0.29, 0.717) is 0 Å². The van der Waals surface area contributed by atoms with Crippen LogP contribution in [0.2, 0.25) is 0 Å². The molecule has 8 nitrogen and oxygen atoms in total. The highest BCUT2D eigenvalue weighted by Crippen LogP contribution is 2.48. The number of benzene rings is 13. The Kier molecular flexibility index (Phi) is 8.63. The monoisotopic (exact) mass is 1050 g/mol. The van der Waals surface area contributed by atoms with E-state index in [1.165, 1.54) is 0 Å². The maximum atomic E-state index is 7.12. The van der Waals surface area contributed by atoms with Gasteiger partial charge in [-0.15, -0.1) is 0 Å². The van der Waals surface area contributed by atoms with E-state index in [1.54, 1.807) is 0 Å². The van der Waals surface area contributed by atoms with Crippen LogP contribution in [-0.2, 0) is 0 Å².